The molecule has 0 N–H and O–H groups in total. The summed E-state index contributed by atoms with van der Waals surface area (Å²) >= 11 is 7.14. The summed E-state index contributed by atoms with van der Waals surface area (Å²) in [5.74, 6) is -0.298. The van der Waals surface area contributed by atoms with Crippen LogP contribution in [0.3, 0.4) is 0 Å². The van der Waals surface area contributed by atoms with Gasteiger partial charge in [0.1, 0.15) is 0 Å². The van der Waals surface area contributed by atoms with Crippen LogP contribution < -0.4 is 0 Å². The lowest BCUT2D eigenvalue weighted by Gasteiger charge is -2.13. The second-order valence-electron chi connectivity index (χ2n) is 6.43. The fourth-order valence-corrected chi connectivity index (χ4v) is 4.19. The van der Waals surface area contributed by atoms with Gasteiger partial charge in [-0.15, -0.1) is 0 Å². The highest BCUT2D eigenvalue weighted by Gasteiger charge is 2.35. The van der Waals surface area contributed by atoms with Crippen molar-refractivity contribution in [1.82, 2.24) is 9.47 Å². The van der Waals surface area contributed by atoms with E-state index in [9.17, 15) is 9.59 Å². The zero-order chi connectivity index (χ0) is 19.7. The molecule has 0 radical (unpaired) electrons. The predicted octanol–water partition coefficient (Wildman–Crippen LogP) is 5.68. The zero-order valence-electron chi connectivity index (χ0n) is 15.1. The minimum Gasteiger partial charge on any atom is -0.314 e. The molecule has 1 aliphatic heterocycles. The number of aromatic nitrogens is 1. The Labute approximate surface area is 172 Å². The molecule has 28 heavy (non-hydrogen) atoms. The lowest BCUT2D eigenvalue weighted by atomic mass is 10.2. The number of hydrogen-bond donors (Lipinski definition) is 0. The van der Waals surface area contributed by atoms with Crippen LogP contribution in [0.5, 0.6) is 0 Å². The van der Waals surface area contributed by atoms with Crippen molar-refractivity contribution in [2.75, 3.05) is 0 Å². The van der Waals surface area contributed by atoms with E-state index in [0.717, 1.165) is 34.4 Å². The van der Waals surface area contributed by atoms with Gasteiger partial charge in [-0.1, -0.05) is 48.0 Å². The van der Waals surface area contributed by atoms with Gasteiger partial charge in [0.05, 0.1) is 11.4 Å². The predicted molar refractivity (Wildman–Crippen MR) is 113 cm³/mol. The fraction of sp³-hybridized carbons (Fsp3) is 0.0909. The molecule has 0 bridgehead atoms. The average Bonchev–Trinajstić information content (AvgIpc) is 3.18. The maximum absolute atomic E-state index is 12.9. The molecule has 1 saturated heterocycles. The Bertz CT molecular complexity index is 1090. The van der Waals surface area contributed by atoms with Crippen LogP contribution in [-0.4, -0.2) is 20.6 Å². The largest absolute Gasteiger partial charge is 0.314 e. The van der Waals surface area contributed by atoms with Crippen molar-refractivity contribution >= 4 is 40.6 Å². The molecule has 1 aliphatic rings. The Kier molecular flexibility index (Phi) is 5.11. The van der Waals surface area contributed by atoms with Crippen molar-refractivity contribution in [3.05, 3.63) is 93.6 Å². The number of carbonyl (C=O) groups excluding carboxylic acids is 2. The summed E-state index contributed by atoms with van der Waals surface area (Å²) in [5, 5.41) is 0.254. The van der Waals surface area contributed by atoms with Crippen LogP contribution in [0.4, 0.5) is 4.79 Å². The van der Waals surface area contributed by atoms with Crippen LogP contribution in [0, 0.1) is 6.92 Å². The minimum atomic E-state index is -0.298. The van der Waals surface area contributed by atoms with Crippen molar-refractivity contribution in [2.45, 2.75) is 13.5 Å². The van der Waals surface area contributed by atoms with Crippen molar-refractivity contribution < 1.29 is 9.59 Å². The molecule has 2 heterocycles. The van der Waals surface area contributed by atoms with Gasteiger partial charge in [-0.2, -0.15) is 0 Å². The van der Waals surface area contributed by atoms with Gasteiger partial charge in [0.2, 0.25) is 0 Å². The van der Waals surface area contributed by atoms with Gasteiger partial charge >= 0.3 is 0 Å². The molecule has 140 valence electrons. The summed E-state index contributed by atoms with van der Waals surface area (Å²) in [6.45, 7) is 2.17. The second kappa shape index (κ2) is 7.70. The molecule has 0 atom stereocenters. The highest BCUT2D eigenvalue weighted by Crippen LogP contribution is 2.34. The molecule has 1 fully saturated rings. The van der Waals surface area contributed by atoms with Gasteiger partial charge in [-0.25, -0.2) is 0 Å². The first kappa shape index (κ1) is 18.6. The number of amides is 2. The molecule has 2 aromatic carbocycles. The van der Waals surface area contributed by atoms with E-state index in [1.54, 1.807) is 12.1 Å². The van der Waals surface area contributed by atoms with Crippen LogP contribution in [0.2, 0.25) is 5.02 Å². The number of rotatable bonds is 4. The summed E-state index contributed by atoms with van der Waals surface area (Å²) in [6.07, 6.45) is 1.78. The maximum atomic E-state index is 12.9. The number of para-hydroxylation sites is 1. The summed E-state index contributed by atoms with van der Waals surface area (Å²) in [4.78, 5) is 26.9. The van der Waals surface area contributed by atoms with Crippen LogP contribution >= 0.6 is 23.4 Å². The number of aryl methyl sites for hydroxylation is 1. The Morgan fingerprint density at radius 3 is 2.43 bits per heavy atom. The van der Waals surface area contributed by atoms with E-state index >= 15 is 0 Å². The number of thioether (sulfide) groups is 1. The Balaban J connectivity index is 1.65. The van der Waals surface area contributed by atoms with Crippen molar-refractivity contribution in [1.29, 1.82) is 0 Å². The lowest BCUT2D eigenvalue weighted by molar-refractivity contribution is -0.123. The number of halogens is 1. The van der Waals surface area contributed by atoms with Crippen LogP contribution in [-0.2, 0) is 11.3 Å². The molecular formula is C22H17ClN2O2S. The monoisotopic (exact) mass is 408 g/mol. The van der Waals surface area contributed by atoms with E-state index in [4.69, 9.17) is 11.6 Å². The Hall–Kier alpha value is -2.76. The first-order valence-electron chi connectivity index (χ1n) is 8.77. The highest BCUT2D eigenvalue weighted by atomic mass is 35.5. The quantitative estimate of drug-likeness (QED) is 0.522. The number of benzene rings is 2. The Morgan fingerprint density at radius 2 is 1.68 bits per heavy atom. The maximum Gasteiger partial charge on any atom is 0.293 e. The van der Waals surface area contributed by atoms with Gasteiger partial charge in [0.25, 0.3) is 11.1 Å². The van der Waals surface area contributed by atoms with Gasteiger partial charge in [-0.05, 0) is 60.7 Å². The molecule has 6 heteroatoms. The fourth-order valence-electron chi connectivity index (χ4n) is 3.17. The number of imide groups is 1. The molecule has 0 spiro atoms. The zero-order valence-corrected chi connectivity index (χ0v) is 16.7. The first-order valence-corrected chi connectivity index (χ1v) is 9.96. The number of hydrogen-bond acceptors (Lipinski definition) is 3. The van der Waals surface area contributed by atoms with Crippen LogP contribution in [0.1, 0.15) is 17.0 Å². The van der Waals surface area contributed by atoms with Crippen molar-refractivity contribution in [3.8, 4) is 5.69 Å². The smallest absolute Gasteiger partial charge is 0.293 e. The molecule has 0 unspecified atom stereocenters. The molecule has 4 rings (SSSR count). The molecule has 2 amide bonds. The topological polar surface area (TPSA) is 42.3 Å². The van der Waals surface area contributed by atoms with E-state index in [1.165, 1.54) is 4.90 Å². The molecule has 1 aromatic heterocycles. The molecular weight excluding hydrogens is 392 g/mol. The molecule has 0 saturated carbocycles. The summed E-state index contributed by atoms with van der Waals surface area (Å²) in [6, 6.07) is 21.1. The van der Waals surface area contributed by atoms with Gasteiger partial charge in [0, 0.05) is 22.1 Å². The summed E-state index contributed by atoms with van der Waals surface area (Å²) < 4.78 is 2.06. The Morgan fingerprint density at radius 1 is 0.964 bits per heavy atom. The normalized spacial score (nSPS) is 15.6. The first-order chi connectivity index (χ1) is 13.5. The molecule has 3 aromatic rings. The molecule has 0 aliphatic carbocycles. The summed E-state index contributed by atoms with van der Waals surface area (Å²) in [7, 11) is 0. The summed E-state index contributed by atoms with van der Waals surface area (Å²) in [5.41, 5.74) is 3.66. The van der Waals surface area contributed by atoms with Gasteiger partial charge < -0.3 is 4.57 Å². The van der Waals surface area contributed by atoms with Crippen molar-refractivity contribution in [3.63, 3.8) is 0 Å². The van der Waals surface area contributed by atoms with Crippen LogP contribution in [0.15, 0.2) is 71.6 Å². The van der Waals surface area contributed by atoms with E-state index in [1.807, 2.05) is 67.6 Å². The second-order valence-corrected chi connectivity index (χ2v) is 7.83. The van der Waals surface area contributed by atoms with E-state index in [0.29, 0.717) is 9.93 Å². The van der Waals surface area contributed by atoms with Gasteiger partial charge in [0.15, 0.2) is 0 Å². The average molecular weight is 409 g/mol. The standard InChI is InChI=1S/C22H17ClN2O2S/c1-15-11-12-18(25(15)17-8-3-2-4-9-17)13-20-21(26)24(22(27)28-20)14-16-7-5-6-10-19(16)23/h2-13H,14H2,1H3/b20-13-. The van der Waals surface area contributed by atoms with Crippen LogP contribution in [0.25, 0.3) is 11.8 Å². The third kappa shape index (κ3) is 3.51. The third-order valence-corrected chi connectivity index (χ3v) is 5.84. The molecule has 4 nitrogen and oxygen atoms in total. The number of carbonyl (C=O) groups is 2. The van der Waals surface area contributed by atoms with E-state index in [-0.39, 0.29) is 17.7 Å². The highest BCUT2D eigenvalue weighted by molar-refractivity contribution is 8.18. The van der Waals surface area contributed by atoms with E-state index in [2.05, 4.69) is 4.57 Å². The third-order valence-electron chi connectivity index (χ3n) is 4.56. The SMILES string of the molecule is Cc1ccc(/C=C2\SC(=O)N(Cc3ccccc3Cl)C2=O)n1-c1ccccc1. The number of nitrogens with zero attached hydrogens (tertiary/aromatic N) is 2. The van der Waals surface area contributed by atoms with Crippen molar-refractivity contribution in [2.24, 2.45) is 0 Å². The van der Waals surface area contributed by atoms with E-state index < -0.39 is 0 Å². The van der Waals surface area contributed by atoms with Gasteiger partial charge in [-0.3, -0.25) is 14.5 Å². The lowest BCUT2D eigenvalue weighted by Crippen LogP contribution is -2.27. The minimum absolute atomic E-state index is 0.167.